The SMILES string of the molecule is CCc1ccc(NC(=O)C(F)(F)F)c(CC[C@H](C)O)c1. The Bertz CT molecular complexity index is 470. The minimum atomic E-state index is -4.91. The van der Waals surface area contributed by atoms with Crippen molar-refractivity contribution in [2.75, 3.05) is 5.32 Å². The van der Waals surface area contributed by atoms with Crippen molar-refractivity contribution in [3.63, 3.8) is 0 Å². The molecule has 2 N–H and O–H groups in total. The fourth-order valence-corrected chi connectivity index (χ4v) is 1.75. The molecule has 0 saturated heterocycles. The average Bonchev–Trinajstić information content (AvgIpc) is 2.36. The van der Waals surface area contributed by atoms with Crippen molar-refractivity contribution in [1.29, 1.82) is 0 Å². The number of benzene rings is 1. The van der Waals surface area contributed by atoms with E-state index in [2.05, 4.69) is 0 Å². The largest absolute Gasteiger partial charge is 0.471 e. The minimum absolute atomic E-state index is 0.144. The van der Waals surface area contributed by atoms with E-state index >= 15 is 0 Å². The Morgan fingerprint density at radius 3 is 2.55 bits per heavy atom. The van der Waals surface area contributed by atoms with Crippen LogP contribution in [0, 0.1) is 0 Å². The lowest BCUT2D eigenvalue weighted by Gasteiger charge is -2.14. The van der Waals surface area contributed by atoms with Crippen LogP contribution in [-0.2, 0) is 17.6 Å². The van der Waals surface area contributed by atoms with Gasteiger partial charge >= 0.3 is 12.1 Å². The second-order valence-electron chi connectivity index (χ2n) is 4.68. The van der Waals surface area contributed by atoms with E-state index in [1.54, 1.807) is 19.1 Å². The van der Waals surface area contributed by atoms with E-state index in [-0.39, 0.29) is 5.69 Å². The van der Waals surface area contributed by atoms with Gasteiger partial charge in [-0.15, -0.1) is 0 Å². The number of aliphatic hydroxyl groups excluding tert-OH is 1. The Balaban J connectivity index is 2.96. The molecule has 0 bridgehead atoms. The first kappa shape index (κ1) is 16.5. The van der Waals surface area contributed by atoms with Gasteiger partial charge in [-0.3, -0.25) is 4.79 Å². The topological polar surface area (TPSA) is 49.3 Å². The van der Waals surface area contributed by atoms with Crippen molar-refractivity contribution in [1.82, 2.24) is 0 Å². The normalized spacial score (nSPS) is 13.1. The third-order valence-corrected chi connectivity index (χ3v) is 2.92. The van der Waals surface area contributed by atoms with Crippen LogP contribution >= 0.6 is 0 Å². The molecule has 1 atom stereocenters. The maximum atomic E-state index is 12.3. The summed E-state index contributed by atoms with van der Waals surface area (Å²) >= 11 is 0. The number of anilines is 1. The molecule has 1 aromatic rings. The average molecular weight is 289 g/mol. The molecule has 0 spiro atoms. The first-order valence-electron chi connectivity index (χ1n) is 6.42. The molecule has 20 heavy (non-hydrogen) atoms. The van der Waals surface area contributed by atoms with E-state index in [1.165, 1.54) is 6.07 Å². The first-order chi connectivity index (χ1) is 9.24. The molecule has 0 aliphatic heterocycles. The van der Waals surface area contributed by atoms with Crippen molar-refractivity contribution < 1.29 is 23.1 Å². The summed E-state index contributed by atoms with van der Waals surface area (Å²) in [5.41, 5.74) is 1.71. The maximum absolute atomic E-state index is 12.3. The van der Waals surface area contributed by atoms with Gasteiger partial charge in [-0.25, -0.2) is 0 Å². The Morgan fingerprint density at radius 1 is 1.40 bits per heavy atom. The number of amides is 1. The number of nitrogens with one attached hydrogen (secondary N) is 1. The molecule has 6 heteroatoms. The molecular weight excluding hydrogens is 271 g/mol. The van der Waals surface area contributed by atoms with Crippen molar-refractivity contribution in [3.8, 4) is 0 Å². The summed E-state index contributed by atoms with van der Waals surface area (Å²) in [6.45, 7) is 3.54. The standard InChI is InChI=1S/C14H18F3NO2/c1-3-10-5-7-12(18-13(20)14(15,16)17)11(8-10)6-4-9(2)19/h5,7-9,19H,3-4,6H2,1-2H3,(H,18,20)/t9-/m0/s1. The van der Waals surface area contributed by atoms with Crippen LogP contribution in [0.3, 0.4) is 0 Å². The van der Waals surface area contributed by atoms with Gasteiger partial charge in [0.15, 0.2) is 0 Å². The Kier molecular flexibility index (Phi) is 5.56. The van der Waals surface area contributed by atoms with Crippen molar-refractivity contribution in [2.45, 2.75) is 45.4 Å². The number of rotatable bonds is 5. The summed E-state index contributed by atoms with van der Waals surface area (Å²) in [6, 6.07) is 4.91. The van der Waals surface area contributed by atoms with Crippen LogP contribution in [0.4, 0.5) is 18.9 Å². The third-order valence-electron chi connectivity index (χ3n) is 2.92. The number of hydrogen-bond donors (Lipinski definition) is 2. The maximum Gasteiger partial charge on any atom is 0.471 e. The zero-order valence-corrected chi connectivity index (χ0v) is 11.4. The molecule has 1 amide bonds. The summed E-state index contributed by atoms with van der Waals surface area (Å²) in [6.07, 6.45) is -3.90. The minimum Gasteiger partial charge on any atom is -0.393 e. The first-order valence-corrected chi connectivity index (χ1v) is 6.42. The fourth-order valence-electron chi connectivity index (χ4n) is 1.75. The number of halogens is 3. The molecule has 1 aromatic carbocycles. The second-order valence-corrected chi connectivity index (χ2v) is 4.68. The smallest absolute Gasteiger partial charge is 0.393 e. The highest BCUT2D eigenvalue weighted by atomic mass is 19.4. The van der Waals surface area contributed by atoms with Crippen LogP contribution < -0.4 is 5.32 Å². The molecule has 0 unspecified atom stereocenters. The predicted octanol–water partition coefficient (Wildman–Crippen LogP) is 3.06. The van der Waals surface area contributed by atoms with Crippen LogP contribution in [0.15, 0.2) is 18.2 Å². The number of hydrogen-bond acceptors (Lipinski definition) is 2. The van der Waals surface area contributed by atoms with Crippen LogP contribution in [0.25, 0.3) is 0 Å². The highest BCUT2D eigenvalue weighted by molar-refractivity contribution is 5.95. The van der Waals surface area contributed by atoms with Crippen molar-refractivity contribution in [3.05, 3.63) is 29.3 Å². The molecule has 3 nitrogen and oxygen atoms in total. The van der Waals surface area contributed by atoms with E-state index in [0.717, 1.165) is 12.0 Å². The lowest BCUT2D eigenvalue weighted by Crippen LogP contribution is -2.30. The van der Waals surface area contributed by atoms with Crippen molar-refractivity contribution in [2.24, 2.45) is 0 Å². The molecular formula is C14H18F3NO2. The molecule has 0 aromatic heterocycles. The number of carbonyl (C=O) groups excluding carboxylic acids is 1. The van der Waals surface area contributed by atoms with Gasteiger partial charge in [0, 0.05) is 5.69 Å². The van der Waals surface area contributed by atoms with Crippen LogP contribution in [0.5, 0.6) is 0 Å². The van der Waals surface area contributed by atoms with Gasteiger partial charge in [-0.05, 0) is 43.4 Å². The van der Waals surface area contributed by atoms with Gasteiger partial charge in [-0.2, -0.15) is 13.2 Å². The van der Waals surface area contributed by atoms with E-state index in [0.29, 0.717) is 18.4 Å². The van der Waals surface area contributed by atoms with E-state index in [9.17, 15) is 23.1 Å². The van der Waals surface area contributed by atoms with E-state index in [4.69, 9.17) is 0 Å². The lowest BCUT2D eigenvalue weighted by molar-refractivity contribution is -0.167. The monoisotopic (exact) mass is 289 g/mol. The molecule has 0 fully saturated rings. The summed E-state index contributed by atoms with van der Waals surface area (Å²) < 4.78 is 36.8. The zero-order chi connectivity index (χ0) is 15.3. The highest BCUT2D eigenvalue weighted by Crippen LogP contribution is 2.23. The Labute approximate surface area is 115 Å². The third kappa shape index (κ3) is 4.85. The molecule has 1 rings (SSSR count). The van der Waals surface area contributed by atoms with Gasteiger partial charge in [0.2, 0.25) is 0 Å². The summed E-state index contributed by atoms with van der Waals surface area (Å²) in [5, 5.41) is 11.2. The number of carbonyl (C=O) groups is 1. The van der Waals surface area contributed by atoms with Crippen LogP contribution in [0.1, 0.15) is 31.4 Å². The predicted molar refractivity (Wildman–Crippen MR) is 70.5 cm³/mol. The molecule has 0 aliphatic carbocycles. The molecule has 0 heterocycles. The Morgan fingerprint density at radius 2 is 2.05 bits per heavy atom. The van der Waals surface area contributed by atoms with Gasteiger partial charge < -0.3 is 10.4 Å². The molecule has 0 aliphatic rings. The van der Waals surface area contributed by atoms with E-state index in [1.807, 2.05) is 12.2 Å². The Hall–Kier alpha value is -1.56. The lowest BCUT2D eigenvalue weighted by atomic mass is 10.0. The van der Waals surface area contributed by atoms with Gasteiger partial charge in [0.1, 0.15) is 0 Å². The fraction of sp³-hybridized carbons (Fsp3) is 0.500. The van der Waals surface area contributed by atoms with Crippen LogP contribution in [-0.4, -0.2) is 23.3 Å². The summed E-state index contributed by atoms with van der Waals surface area (Å²) in [5.74, 6) is -1.99. The molecule has 0 saturated carbocycles. The van der Waals surface area contributed by atoms with Gasteiger partial charge in [-0.1, -0.05) is 19.1 Å². The van der Waals surface area contributed by atoms with Crippen LogP contribution in [0.2, 0.25) is 0 Å². The number of aliphatic hydroxyl groups is 1. The van der Waals surface area contributed by atoms with Gasteiger partial charge in [0.25, 0.3) is 0 Å². The quantitative estimate of drug-likeness (QED) is 0.875. The highest BCUT2D eigenvalue weighted by Gasteiger charge is 2.38. The van der Waals surface area contributed by atoms with E-state index < -0.39 is 18.2 Å². The summed E-state index contributed by atoms with van der Waals surface area (Å²) in [7, 11) is 0. The zero-order valence-electron chi connectivity index (χ0n) is 11.4. The summed E-state index contributed by atoms with van der Waals surface area (Å²) in [4.78, 5) is 11.0. The second kappa shape index (κ2) is 6.74. The van der Waals surface area contributed by atoms with Gasteiger partial charge in [0.05, 0.1) is 6.10 Å². The molecule has 0 radical (unpaired) electrons. The number of alkyl halides is 3. The van der Waals surface area contributed by atoms with Crippen molar-refractivity contribution >= 4 is 11.6 Å². The number of aryl methyl sites for hydroxylation is 2. The molecule has 112 valence electrons.